The van der Waals surface area contributed by atoms with Gasteiger partial charge in [0.05, 0.1) is 17.5 Å². The third kappa shape index (κ3) is 4.18. The maximum absolute atomic E-state index is 12.5. The van der Waals surface area contributed by atoms with Crippen molar-refractivity contribution in [1.82, 2.24) is 4.90 Å². The molecular weight excluding hydrogens is 382 g/mol. The molecule has 1 N–H and O–H groups in total. The predicted octanol–water partition coefficient (Wildman–Crippen LogP) is 2.30. The highest BCUT2D eigenvalue weighted by Crippen LogP contribution is 2.41. The second kappa shape index (κ2) is 8.63. The third-order valence-corrected chi connectivity index (χ3v) is 5.37. The molecule has 0 aliphatic carbocycles. The van der Waals surface area contributed by atoms with Crippen molar-refractivity contribution in [3.05, 3.63) is 54.0 Å². The second-order valence-electron chi connectivity index (χ2n) is 5.96. The molecule has 28 heavy (non-hydrogen) atoms. The monoisotopic (exact) mass is 399 g/mol. The molecule has 1 aliphatic heterocycles. The Kier molecular flexibility index (Phi) is 6.01. The Morgan fingerprint density at radius 3 is 2.79 bits per heavy atom. The van der Waals surface area contributed by atoms with Crippen LogP contribution in [0, 0.1) is 11.3 Å². The number of hydrogen-bond donors (Lipinski definition) is 1. The summed E-state index contributed by atoms with van der Waals surface area (Å²) in [5.41, 5.74) is 0.643. The quantitative estimate of drug-likeness (QED) is 0.768. The number of thioether (sulfide) groups is 1. The van der Waals surface area contributed by atoms with E-state index in [1.165, 1.54) is 29.8 Å². The van der Waals surface area contributed by atoms with Crippen molar-refractivity contribution in [2.45, 2.75) is 18.3 Å². The maximum Gasteiger partial charge on any atom is 0.330 e. The Bertz CT molecular complexity index is 922. The molecule has 1 aliphatic rings. The summed E-state index contributed by atoms with van der Waals surface area (Å²) < 4.78 is 10.5. The van der Waals surface area contributed by atoms with Crippen LogP contribution in [-0.4, -0.2) is 41.1 Å². The van der Waals surface area contributed by atoms with Gasteiger partial charge in [-0.05, 0) is 24.3 Å². The van der Waals surface area contributed by atoms with Gasteiger partial charge in [-0.2, -0.15) is 5.26 Å². The van der Waals surface area contributed by atoms with Crippen molar-refractivity contribution in [2.75, 3.05) is 17.7 Å². The van der Waals surface area contributed by atoms with E-state index >= 15 is 0 Å². The fourth-order valence-electron chi connectivity index (χ4n) is 2.83. The molecule has 3 rings (SSSR count). The standard InChI is InChI=1S/C19H17N3O5S/c1-12(23)22-15(11-28-18(22)16-7-4-8-26-16)19(25)27-10-17(24)21-14-6-3-2-5-13(14)9-20/h2-8,15,18H,10-11H2,1H3,(H,21,24)/t15-,18+/m0/s1. The molecule has 0 radical (unpaired) electrons. The van der Waals surface area contributed by atoms with Crippen molar-refractivity contribution in [1.29, 1.82) is 5.26 Å². The number of anilines is 1. The average Bonchev–Trinajstić information content (AvgIpc) is 3.35. The lowest BCUT2D eigenvalue weighted by atomic mass is 10.2. The first kappa shape index (κ1) is 19.5. The molecule has 144 valence electrons. The summed E-state index contributed by atoms with van der Waals surface area (Å²) in [7, 11) is 0. The number of amides is 2. The van der Waals surface area contributed by atoms with E-state index in [0.29, 0.717) is 22.8 Å². The average molecular weight is 399 g/mol. The Morgan fingerprint density at radius 1 is 1.32 bits per heavy atom. The number of para-hydroxylation sites is 1. The van der Waals surface area contributed by atoms with Crippen LogP contribution in [0.1, 0.15) is 23.6 Å². The van der Waals surface area contributed by atoms with Crippen molar-refractivity contribution < 1.29 is 23.5 Å². The number of benzene rings is 1. The summed E-state index contributed by atoms with van der Waals surface area (Å²) in [6.07, 6.45) is 1.50. The second-order valence-corrected chi connectivity index (χ2v) is 7.07. The summed E-state index contributed by atoms with van der Waals surface area (Å²) in [4.78, 5) is 38.0. The lowest BCUT2D eigenvalue weighted by Gasteiger charge is -2.25. The van der Waals surface area contributed by atoms with E-state index in [0.717, 1.165) is 0 Å². The summed E-state index contributed by atoms with van der Waals surface area (Å²) >= 11 is 1.39. The lowest BCUT2D eigenvalue weighted by Crippen LogP contribution is -2.43. The van der Waals surface area contributed by atoms with Gasteiger partial charge in [-0.3, -0.25) is 9.59 Å². The first-order valence-electron chi connectivity index (χ1n) is 8.40. The number of nitrogens with one attached hydrogen (secondary N) is 1. The van der Waals surface area contributed by atoms with Crippen LogP contribution in [0.3, 0.4) is 0 Å². The fourth-order valence-corrected chi connectivity index (χ4v) is 4.25. The van der Waals surface area contributed by atoms with Crippen LogP contribution in [0.2, 0.25) is 0 Å². The van der Waals surface area contributed by atoms with Crippen LogP contribution in [-0.2, 0) is 19.1 Å². The van der Waals surface area contributed by atoms with Gasteiger partial charge in [0.2, 0.25) is 5.91 Å². The van der Waals surface area contributed by atoms with Gasteiger partial charge in [-0.15, -0.1) is 11.8 Å². The van der Waals surface area contributed by atoms with Crippen LogP contribution in [0.15, 0.2) is 47.1 Å². The number of nitriles is 1. The molecule has 1 aromatic carbocycles. The fraction of sp³-hybridized carbons (Fsp3) is 0.263. The zero-order chi connectivity index (χ0) is 20.1. The molecule has 0 spiro atoms. The van der Waals surface area contributed by atoms with Gasteiger partial charge in [0.15, 0.2) is 6.61 Å². The van der Waals surface area contributed by atoms with Crippen molar-refractivity contribution in [2.24, 2.45) is 0 Å². The SMILES string of the molecule is CC(=O)N1[C@@H](c2ccco2)SC[C@H]1C(=O)OCC(=O)Nc1ccccc1C#N. The minimum absolute atomic E-state index is 0.291. The van der Waals surface area contributed by atoms with E-state index in [1.54, 1.807) is 36.4 Å². The third-order valence-electron chi connectivity index (χ3n) is 4.09. The Labute approximate surface area is 165 Å². The normalized spacial score (nSPS) is 18.4. The van der Waals surface area contributed by atoms with Gasteiger partial charge in [0.1, 0.15) is 23.2 Å². The Balaban J connectivity index is 1.60. The highest BCUT2D eigenvalue weighted by atomic mass is 32.2. The van der Waals surface area contributed by atoms with Crippen LogP contribution >= 0.6 is 11.8 Å². The molecule has 0 unspecified atom stereocenters. The minimum Gasteiger partial charge on any atom is -0.466 e. The van der Waals surface area contributed by atoms with Crippen LogP contribution in [0.4, 0.5) is 5.69 Å². The first-order valence-corrected chi connectivity index (χ1v) is 9.45. The first-order chi connectivity index (χ1) is 13.5. The maximum atomic E-state index is 12.5. The van der Waals surface area contributed by atoms with E-state index in [2.05, 4.69) is 5.32 Å². The number of rotatable bonds is 5. The minimum atomic E-state index is -0.809. The zero-order valence-electron chi connectivity index (χ0n) is 15.0. The van der Waals surface area contributed by atoms with Crippen LogP contribution < -0.4 is 5.32 Å². The largest absolute Gasteiger partial charge is 0.466 e. The van der Waals surface area contributed by atoms with E-state index in [9.17, 15) is 14.4 Å². The molecular formula is C19H17N3O5S. The van der Waals surface area contributed by atoms with Crippen molar-refractivity contribution in [3.8, 4) is 6.07 Å². The number of ether oxygens (including phenoxy) is 1. The summed E-state index contributed by atoms with van der Waals surface area (Å²) in [5.74, 6) is -0.621. The van der Waals surface area contributed by atoms with Crippen LogP contribution in [0.25, 0.3) is 0 Å². The lowest BCUT2D eigenvalue weighted by molar-refractivity contribution is -0.155. The van der Waals surface area contributed by atoms with Crippen molar-refractivity contribution in [3.63, 3.8) is 0 Å². The summed E-state index contributed by atoms with van der Waals surface area (Å²) in [6.45, 7) is 0.852. The molecule has 9 heteroatoms. The molecule has 0 bridgehead atoms. The van der Waals surface area contributed by atoms with Crippen LogP contribution in [0.5, 0.6) is 0 Å². The Hall–Kier alpha value is -3.25. The number of furan rings is 1. The molecule has 8 nitrogen and oxygen atoms in total. The van der Waals surface area contributed by atoms with Gasteiger partial charge >= 0.3 is 5.97 Å². The topological polar surface area (TPSA) is 113 Å². The molecule has 2 heterocycles. The molecule has 2 amide bonds. The summed E-state index contributed by atoms with van der Waals surface area (Å²) in [6, 6.07) is 11.1. The van der Waals surface area contributed by atoms with Gasteiger partial charge in [-0.25, -0.2) is 4.79 Å². The van der Waals surface area contributed by atoms with Crippen molar-refractivity contribution >= 4 is 35.2 Å². The summed E-state index contributed by atoms with van der Waals surface area (Å²) in [5, 5.41) is 11.2. The smallest absolute Gasteiger partial charge is 0.330 e. The molecule has 2 atom stereocenters. The number of esters is 1. The van der Waals surface area contributed by atoms with Gasteiger partial charge in [0.25, 0.3) is 5.91 Å². The van der Waals surface area contributed by atoms with E-state index in [4.69, 9.17) is 14.4 Å². The number of nitrogens with zero attached hydrogens (tertiary/aromatic N) is 2. The van der Waals surface area contributed by atoms with Gasteiger partial charge in [0, 0.05) is 12.7 Å². The highest BCUT2D eigenvalue weighted by molar-refractivity contribution is 7.99. The molecule has 2 aromatic rings. The number of carbonyl (C=O) groups is 3. The predicted molar refractivity (Wildman–Crippen MR) is 101 cm³/mol. The van der Waals surface area contributed by atoms with E-state index in [-0.39, 0.29) is 5.91 Å². The highest BCUT2D eigenvalue weighted by Gasteiger charge is 2.43. The van der Waals surface area contributed by atoms with E-state index < -0.39 is 29.9 Å². The number of hydrogen-bond acceptors (Lipinski definition) is 7. The number of carbonyl (C=O) groups excluding carboxylic acids is 3. The molecule has 0 saturated carbocycles. The van der Waals surface area contributed by atoms with E-state index in [1.807, 2.05) is 6.07 Å². The Morgan fingerprint density at radius 2 is 2.11 bits per heavy atom. The molecule has 1 fully saturated rings. The zero-order valence-corrected chi connectivity index (χ0v) is 15.8. The van der Waals surface area contributed by atoms with Gasteiger partial charge in [-0.1, -0.05) is 12.1 Å². The van der Waals surface area contributed by atoms with Gasteiger partial charge < -0.3 is 19.4 Å². The molecule has 1 saturated heterocycles. The molecule has 1 aromatic heterocycles.